The molecule has 2 heterocycles. The molecule has 1 atom stereocenters. The number of para-hydroxylation sites is 2. The SMILES string of the molecule is CC(C(=O)N1CCCCCC1)N1CCN(c2ccccc2O)CC1. The zero-order valence-corrected chi connectivity index (χ0v) is 14.7. The van der Waals surface area contributed by atoms with Crippen molar-refractivity contribution in [2.45, 2.75) is 38.6 Å². The number of hydrogen-bond donors (Lipinski definition) is 1. The van der Waals surface area contributed by atoms with Gasteiger partial charge >= 0.3 is 0 Å². The van der Waals surface area contributed by atoms with Crippen molar-refractivity contribution < 1.29 is 9.90 Å². The Bertz CT molecular complexity index is 547. The Hall–Kier alpha value is -1.75. The van der Waals surface area contributed by atoms with Gasteiger partial charge in [0.1, 0.15) is 5.75 Å². The molecule has 0 spiro atoms. The Morgan fingerprint density at radius 2 is 1.58 bits per heavy atom. The summed E-state index contributed by atoms with van der Waals surface area (Å²) in [6.07, 6.45) is 4.77. The normalized spacial score (nSPS) is 21.4. The van der Waals surface area contributed by atoms with Crippen LogP contribution in [0.5, 0.6) is 5.75 Å². The third-order valence-electron chi connectivity index (χ3n) is 5.36. The van der Waals surface area contributed by atoms with E-state index in [1.54, 1.807) is 6.07 Å². The standard InChI is InChI=1S/C19H29N3O2/c1-16(19(24)22-10-6-2-3-7-11-22)20-12-14-21(15-13-20)17-8-4-5-9-18(17)23/h4-5,8-9,16,23H,2-3,6-7,10-15H2,1H3. The molecule has 1 aromatic rings. The van der Waals surface area contributed by atoms with Crippen molar-refractivity contribution >= 4 is 11.6 Å². The molecule has 2 aliphatic rings. The highest BCUT2D eigenvalue weighted by atomic mass is 16.3. The molecule has 24 heavy (non-hydrogen) atoms. The largest absolute Gasteiger partial charge is 0.506 e. The van der Waals surface area contributed by atoms with Gasteiger partial charge in [-0.2, -0.15) is 0 Å². The summed E-state index contributed by atoms with van der Waals surface area (Å²) in [6.45, 7) is 7.28. The summed E-state index contributed by atoms with van der Waals surface area (Å²) < 4.78 is 0. The summed E-state index contributed by atoms with van der Waals surface area (Å²) in [4.78, 5) is 19.3. The third-order valence-corrected chi connectivity index (χ3v) is 5.36. The van der Waals surface area contributed by atoms with E-state index in [-0.39, 0.29) is 11.9 Å². The molecule has 0 aliphatic carbocycles. The summed E-state index contributed by atoms with van der Waals surface area (Å²) in [5, 5.41) is 10.0. The molecule has 2 saturated heterocycles. The first-order valence-electron chi connectivity index (χ1n) is 9.22. The van der Waals surface area contributed by atoms with Gasteiger partial charge in [-0.25, -0.2) is 0 Å². The fraction of sp³-hybridized carbons (Fsp3) is 0.632. The van der Waals surface area contributed by atoms with Gasteiger partial charge in [0.2, 0.25) is 5.91 Å². The summed E-state index contributed by atoms with van der Waals surface area (Å²) >= 11 is 0. The van der Waals surface area contributed by atoms with Crippen molar-refractivity contribution in [3.63, 3.8) is 0 Å². The van der Waals surface area contributed by atoms with Crippen LogP contribution >= 0.6 is 0 Å². The molecule has 0 bridgehead atoms. The summed E-state index contributed by atoms with van der Waals surface area (Å²) in [6, 6.07) is 7.43. The molecule has 5 nitrogen and oxygen atoms in total. The second-order valence-corrected chi connectivity index (χ2v) is 6.93. The average Bonchev–Trinajstić information content (AvgIpc) is 2.90. The van der Waals surface area contributed by atoms with Gasteiger partial charge in [0.05, 0.1) is 11.7 Å². The highest BCUT2D eigenvalue weighted by molar-refractivity contribution is 5.81. The predicted octanol–water partition coefficient (Wildman–Crippen LogP) is 2.31. The van der Waals surface area contributed by atoms with Crippen LogP contribution in [0, 0.1) is 0 Å². The maximum absolute atomic E-state index is 12.8. The molecule has 1 aromatic carbocycles. The first-order valence-corrected chi connectivity index (χ1v) is 9.22. The van der Waals surface area contributed by atoms with Crippen LogP contribution in [0.25, 0.3) is 0 Å². The number of amides is 1. The molecule has 0 radical (unpaired) electrons. The van der Waals surface area contributed by atoms with E-state index >= 15 is 0 Å². The molecular formula is C19H29N3O2. The van der Waals surface area contributed by atoms with Crippen LogP contribution in [0.15, 0.2) is 24.3 Å². The van der Waals surface area contributed by atoms with E-state index in [0.29, 0.717) is 5.75 Å². The average molecular weight is 331 g/mol. The van der Waals surface area contributed by atoms with Gasteiger partial charge in [0.15, 0.2) is 0 Å². The highest BCUT2D eigenvalue weighted by Gasteiger charge is 2.29. The predicted molar refractivity (Wildman–Crippen MR) is 96.4 cm³/mol. The van der Waals surface area contributed by atoms with Crippen molar-refractivity contribution in [1.82, 2.24) is 9.80 Å². The molecule has 1 amide bonds. The Labute approximate surface area is 144 Å². The lowest BCUT2D eigenvalue weighted by Gasteiger charge is -2.39. The third kappa shape index (κ3) is 3.83. The summed E-state index contributed by atoms with van der Waals surface area (Å²) in [5.74, 6) is 0.618. The molecule has 1 N–H and O–H groups in total. The number of anilines is 1. The van der Waals surface area contributed by atoms with E-state index in [4.69, 9.17) is 0 Å². The lowest BCUT2D eigenvalue weighted by Crippen LogP contribution is -2.54. The van der Waals surface area contributed by atoms with Gasteiger partial charge in [-0.3, -0.25) is 9.69 Å². The maximum atomic E-state index is 12.8. The Morgan fingerprint density at radius 1 is 0.958 bits per heavy atom. The summed E-state index contributed by atoms with van der Waals surface area (Å²) in [7, 11) is 0. The summed E-state index contributed by atoms with van der Waals surface area (Å²) in [5.41, 5.74) is 0.892. The van der Waals surface area contributed by atoms with E-state index in [0.717, 1.165) is 57.8 Å². The minimum atomic E-state index is -0.0466. The van der Waals surface area contributed by atoms with Gasteiger partial charge in [0, 0.05) is 39.3 Å². The number of carbonyl (C=O) groups is 1. The number of carbonyl (C=O) groups excluding carboxylic acids is 1. The van der Waals surface area contributed by atoms with Crippen LogP contribution in [0.4, 0.5) is 5.69 Å². The van der Waals surface area contributed by atoms with Crippen LogP contribution < -0.4 is 4.90 Å². The molecule has 1 unspecified atom stereocenters. The molecule has 2 fully saturated rings. The quantitative estimate of drug-likeness (QED) is 0.923. The van der Waals surface area contributed by atoms with Crippen molar-refractivity contribution in [3.8, 4) is 5.75 Å². The highest BCUT2D eigenvalue weighted by Crippen LogP contribution is 2.27. The smallest absolute Gasteiger partial charge is 0.239 e. The van der Waals surface area contributed by atoms with Crippen molar-refractivity contribution in [2.24, 2.45) is 0 Å². The van der Waals surface area contributed by atoms with Crippen molar-refractivity contribution in [2.75, 3.05) is 44.2 Å². The molecular weight excluding hydrogens is 302 g/mol. The lowest BCUT2D eigenvalue weighted by atomic mass is 10.1. The number of phenols is 1. The second kappa shape index (κ2) is 7.88. The van der Waals surface area contributed by atoms with E-state index < -0.39 is 0 Å². The number of aromatic hydroxyl groups is 1. The number of rotatable bonds is 3. The van der Waals surface area contributed by atoms with Crippen LogP contribution in [-0.2, 0) is 4.79 Å². The van der Waals surface area contributed by atoms with Gasteiger partial charge in [0.25, 0.3) is 0 Å². The van der Waals surface area contributed by atoms with Crippen molar-refractivity contribution in [1.29, 1.82) is 0 Å². The first kappa shape index (κ1) is 17.1. The minimum Gasteiger partial charge on any atom is -0.506 e. The molecule has 2 aliphatic heterocycles. The van der Waals surface area contributed by atoms with Crippen molar-refractivity contribution in [3.05, 3.63) is 24.3 Å². The van der Waals surface area contributed by atoms with Crippen LogP contribution in [0.3, 0.4) is 0 Å². The number of hydrogen-bond acceptors (Lipinski definition) is 4. The topological polar surface area (TPSA) is 47.0 Å². The number of nitrogens with zero attached hydrogens (tertiary/aromatic N) is 3. The van der Waals surface area contributed by atoms with Gasteiger partial charge in [-0.1, -0.05) is 25.0 Å². The van der Waals surface area contributed by atoms with Crippen LogP contribution in [0.1, 0.15) is 32.6 Å². The number of likely N-dealkylation sites (tertiary alicyclic amines) is 1. The molecule has 0 saturated carbocycles. The minimum absolute atomic E-state index is 0.0466. The van der Waals surface area contributed by atoms with Crippen LogP contribution in [0.2, 0.25) is 0 Å². The van der Waals surface area contributed by atoms with Gasteiger partial charge < -0.3 is 14.9 Å². The van der Waals surface area contributed by atoms with E-state index in [9.17, 15) is 9.90 Å². The van der Waals surface area contributed by atoms with E-state index in [1.165, 1.54) is 12.8 Å². The Morgan fingerprint density at radius 3 is 2.21 bits per heavy atom. The fourth-order valence-electron chi connectivity index (χ4n) is 3.79. The Kier molecular flexibility index (Phi) is 5.61. The molecule has 0 aromatic heterocycles. The first-order chi connectivity index (χ1) is 11.7. The van der Waals surface area contributed by atoms with Crippen LogP contribution in [-0.4, -0.2) is 66.1 Å². The molecule has 5 heteroatoms. The number of phenolic OH excluding ortho intramolecular Hbond substituents is 1. The van der Waals surface area contributed by atoms with Gasteiger partial charge in [-0.15, -0.1) is 0 Å². The van der Waals surface area contributed by atoms with E-state index in [1.807, 2.05) is 25.1 Å². The second-order valence-electron chi connectivity index (χ2n) is 6.93. The zero-order valence-electron chi connectivity index (χ0n) is 14.7. The number of piperazine rings is 1. The fourth-order valence-corrected chi connectivity index (χ4v) is 3.79. The van der Waals surface area contributed by atoms with Gasteiger partial charge in [-0.05, 0) is 31.9 Å². The maximum Gasteiger partial charge on any atom is 0.239 e. The van der Waals surface area contributed by atoms with E-state index in [2.05, 4.69) is 14.7 Å². The molecule has 3 rings (SSSR count). The molecule has 132 valence electrons. The monoisotopic (exact) mass is 331 g/mol. The lowest BCUT2D eigenvalue weighted by molar-refractivity contribution is -0.136. The zero-order chi connectivity index (χ0) is 16.9. The Balaban J connectivity index is 1.55. The number of benzene rings is 1.